The number of phosphoric acid groups is 1. The maximum atomic E-state index is 12.5. The highest BCUT2D eigenvalue weighted by molar-refractivity contribution is 7.47. The van der Waals surface area contributed by atoms with E-state index in [1.807, 2.05) is 55.5 Å². The maximum absolute atomic E-state index is 12.5. The Morgan fingerprint density at radius 2 is 1.19 bits per heavy atom. The normalized spacial score (nSPS) is 15.1. The number of esters is 2. The zero-order valence-electron chi connectivity index (χ0n) is 32.8. The van der Waals surface area contributed by atoms with Gasteiger partial charge in [0.2, 0.25) is 0 Å². The van der Waals surface area contributed by atoms with Crippen LogP contribution in [-0.4, -0.2) is 60.5 Å². The lowest BCUT2D eigenvalue weighted by Crippen LogP contribution is -2.29. The molecule has 0 aliphatic rings. The summed E-state index contributed by atoms with van der Waals surface area (Å²) in [5.41, 5.74) is 5.32. The average molecular weight is 774 g/mol. The van der Waals surface area contributed by atoms with Crippen LogP contribution >= 0.6 is 7.82 Å². The van der Waals surface area contributed by atoms with Gasteiger partial charge in [-0.2, -0.15) is 0 Å². The van der Waals surface area contributed by atoms with E-state index in [0.717, 1.165) is 57.8 Å². The molecule has 0 aromatic heterocycles. The van der Waals surface area contributed by atoms with Crippen LogP contribution in [0.5, 0.6) is 0 Å². The molecule has 4 N–H and O–H groups in total. The minimum absolute atomic E-state index is 0.0257. The molecular weight excluding hydrogens is 705 g/mol. The van der Waals surface area contributed by atoms with Gasteiger partial charge in [0.15, 0.2) is 6.10 Å². The fraction of sp³-hybridized carbons (Fsp3) is 0.535. The van der Waals surface area contributed by atoms with Crippen LogP contribution in [-0.2, 0) is 32.7 Å². The van der Waals surface area contributed by atoms with Gasteiger partial charge in [0.05, 0.1) is 19.3 Å². The first-order valence-electron chi connectivity index (χ1n) is 19.5. The van der Waals surface area contributed by atoms with Crippen LogP contribution in [0, 0.1) is 0 Å². The molecule has 0 aromatic rings. The summed E-state index contributed by atoms with van der Waals surface area (Å²) in [5.74, 6) is -0.985. The Labute approximate surface area is 325 Å². The van der Waals surface area contributed by atoms with E-state index in [2.05, 4.69) is 67.7 Å². The number of nitrogens with two attached hydrogens (primary N) is 1. The van der Waals surface area contributed by atoms with E-state index >= 15 is 0 Å². The van der Waals surface area contributed by atoms with Crippen LogP contribution in [0.2, 0.25) is 0 Å². The highest BCUT2D eigenvalue weighted by atomic mass is 31.2. The molecule has 0 bridgehead atoms. The number of phosphoric ester groups is 1. The molecule has 0 spiro atoms. The van der Waals surface area contributed by atoms with Crippen molar-refractivity contribution in [3.8, 4) is 0 Å². The van der Waals surface area contributed by atoms with Gasteiger partial charge < -0.3 is 25.2 Å². The van der Waals surface area contributed by atoms with Crippen LogP contribution in [0.3, 0.4) is 0 Å². The Balaban J connectivity index is 4.44. The van der Waals surface area contributed by atoms with Crippen molar-refractivity contribution in [2.45, 2.75) is 122 Å². The Morgan fingerprint density at radius 1 is 0.648 bits per heavy atom. The molecule has 3 atom stereocenters. The van der Waals surface area contributed by atoms with Crippen LogP contribution in [0.25, 0.3) is 0 Å². The molecule has 0 fully saturated rings. The van der Waals surface area contributed by atoms with Gasteiger partial charge in [-0.1, -0.05) is 123 Å². The van der Waals surface area contributed by atoms with E-state index < -0.39 is 38.6 Å². The Hall–Kier alpha value is -3.37. The summed E-state index contributed by atoms with van der Waals surface area (Å²) in [6.07, 6.45) is 46.2. The number of rotatable bonds is 34. The van der Waals surface area contributed by atoms with Gasteiger partial charge in [-0.05, 0) is 83.5 Å². The lowest BCUT2D eigenvalue weighted by molar-refractivity contribution is -0.161. The Kier molecular flexibility index (Phi) is 35.6. The second-order valence-corrected chi connectivity index (χ2v) is 13.7. The average Bonchev–Trinajstić information content (AvgIpc) is 3.15. The first-order valence-corrected chi connectivity index (χ1v) is 21.0. The van der Waals surface area contributed by atoms with E-state index in [4.69, 9.17) is 24.3 Å². The predicted molar refractivity (Wildman–Crippen MR) is 220 cm³/mol. The molecule has 0 saturated carbocycles. The monoisotopic (exact) mass is 773 g/mol. The van der Waals surface area contributed by atoms with Crippen molar-refractivity contribution in [2.24, 2.45) is 5.73 Å². The summed E-state index contributed by atoms with van der Waals surface area (Å²) in [4.78, 5) is 34.7. The summed E-state index contributed by atoms with van der Waals surface area (Å²) in [7, 11) is -4.42. The summed E-state index contributed by atoms with van der Waals surface area (Å²) in [5, 5.41) is 9.75. The molecule has 10 nitrogen and oxygen atoms in total. The van der Waals surface area contributed by atoms with Gasteiger partial charge in [-0.25, -0.2) is 4.57 Å². The van der Waals surface area contributed by atoms with Crippen molar-refractivity contribution in [1.29, 1.82) is 0 Å². The number of allylic oxidation sites excluding steroid dienone is 16. The van der Waals surface area contributed by atoms with Crippen LogP contribution in [0.15, 0.2) is 109 Å². The van der Waals surface area contributed by atoms with E-state index in [-0.39, 0.29) is 32.6 Å². The highest BCUT2D eigenvalue weighted by Crippen LogP contribution is 2.43. The molecule has 11 heteroatoms. The van der Waals surface area contributed by atoms with E-state index in [0.29, 0.717) is 25.7 Å². The predicted octanol–water partition coefficient (Wildman–Crippen LogP) is 9.79. The largest absolute Gasteiger partial charge is 0.472 e. The third-order valence-corrected chi connectivity index (χ3v) is 8.21. The van der Waals surface area contributed by atoms with Gasteiger partial charge in [-0.15, -0.1) is 0 Å². The summed E-state index contributed by atoms with van der Waals surface area (Å²) >= 11 is 0. The molecule has 0 rings (SSSR count). The molecule has 54 heavy (non-hydrogen) atoms. The standard InChI is InChI=1S/C43H68NO9P/c1-3-5-7-8-9-10-11-12-13-14-19-22-25-28-31-35-43(47)53-41(39-52-54(48,49)51-37-36-44)38-50-42(46)34-30-27-24-21-18-16-15-17-20-23-26-29-33-40(45)32-6-4-2/h5-7,9-10,12-13,15-16,19-24,26,29,32,40-41,45H,3-4,8,11,14,17-18,25,27-28,30-31,33-39,44H2,1-2H3,(H,48,49)/b7-5-,10-9-,13-12-,16-15-,22-19-,23-20-,24-21-,29-26+,32-6-/t40?,41-/m1/s1. The first kappa shape index (κ1) is 50.6. The fourth-order valence-electron chi connectivity index (χ4n) is 4.38. The molecule has 0 aliphatic heterocycles. The van der Waals surface area contributed by atoms with Crippen molar-refractivity contribution in [1.82, 2.24) is 0 Å². The number of aliphatic hydroxyl groups excluding tert-OH is 1. The molecule has 0 saturated heterocycles. The maximum Gasteiger partial charge on any atom is 0.472 e. The van der Waals surface area contributed by atoms with Gasteiger partial charge >= 0.3 is 19.8 Å². The second-order valence-electron chi connectivity index (χ2n) is 12.2. The molecule has 0 aromatic carbocycles. The lowest BCUT2D eigenvalue weighted by atomic mass is 10.2. The van der Waals surface area contributed by atoms with E-state index in [1.54, 1.807) is 0 Å². The molecule has 0 aliphatic carbocycles. The van der Waals surface area contributed by atoms with Crippen LogP contribution < -0.4 is 5.73 Å². The number of ether oxygens (including phenoxy) is 2. The summed E-state index contributed by atoms with van der Waals surface area (Å²) < 4.78 is 32.5. The van der Waals surface area contributed by atoms with Crippen molar-refractivity contribution in [2.75, 3.05) is 26.4 Å². The molecule has 0 heterocycles. The number of carbonyl (C=O) groups excluding carboxylic acids is 2. The SMILES string of the molecule is CC/C=C\C/C=C\C/C=C\C/C=C\CCCCC(=O)O[C@H](COC(=O)CCC/C=C\C/C=C\C/C=C\C=C\CC(O)/C=C\CC)COP(=O)(O)OCCN. The number of hydrogen-bond donors (Lipinski definition) is 3. The minimum Gasteiger partial charge on any atom is -0.462 e. The van der Waals surface area contributed by atoms with E-state index in [1.165, 1.54) is 0 Å². The topological polar surface area (TPSA) is 155 Å². The van der Waals surface area contributed by atoms with E-state index in [9.17, 15) is 24.2 Å². The third-order valence-electron chi connectivity index (χ3n) is 7.23. The number of carbonyl (C=O) groups is 2. The Morgan fingerprint density at radius 3 is 1.80 bits per heavy atom. The quantitative estimate of drug-likeness (QED) is 0.0189. The van der Waals surface area contributed by atoms with Gasteiger partial charge in [0.1, 0.15) is 6.61 Å². The first-order chi connectivity index (χ1) is 26.2. The second kappa shape index (κ2) is 37.9. The van der Waals surface area contributed by atoms with Crippen molar-refractivity contribution in [3.05, 3.63) is 109 Å². The van der Waals surface area contributed by atoms with Gasteiger partial charge in [0, 0.05) is 19.4 Å². The fourth-order valence-corrected chi connectivity index (χ4v) is 5.15. The third kappa shape index (κ3) is 37.0. The Bertz CT molecular complexity index is 1260. The molecular formula is C43H68NO9P. The molecule has 0 radical (unpaired) electrons. The van der Waals surface area contributed by atoms with Gasteiger partial charge in [-0.3, -0.25) is 18.6 Å². The number of unbranched alkanes of at least 4 members (excludes halogenated alkanes) is 3. The molecule has 0 amide bonds. The zero-order chi connectivity index (χ0) is 39.8. The van der Waals surface area contributed by atoms with Crippen LogP contribution in [0.4, 0.5) is 0 Å². The smallest absolute Gasteiger partial charge is 0.462 e. The minimum atomic E-state index is -4.42. The van der Waals surface area contributed by atoms with Crippen molar-refractivity contribution < 1.29 is 42.7 Å². The summed E-state index contributed by atoms with van der Waals surface area (Å²) in [6.45, 7) is 3.20. The summed E-state index contributed by atoms with van der Waals surface area (Å²) in [6, 6.07) is 0. The van der Waals surface area contributed by atoms with Gasteiger partial charge in [0.25, 0.3) is 0 Å². The highest BCUT2D eigenvalue weighted by Gasteiger charge is 2.25. The van der Waals surface area contributed by atoms with Crippen molar-refractivity contribution >= 4 is 19.8 Å². The lowest BCUT2D eigenvalue weighted by Gasteiger charge is -2.19. The zero-order valence-corrected chi connectivity index (χ0v) is 33.7. The molecule has 304 valence electrons. The van der Waals surface area contributed by atoms with Crippen molar-refractivity contribution in [3.63, 3.8) is 0 Å². The molecule has 2 unspecified atom stereocenters. The van der Waals surface area contributed by atoms with Crippen LogP contribution in [0.1, 0.15) is 110 Å². The number of hydrogen-bond acceptors (Lipinski definition) is 9. The number of aliphatic hydroxyl groups is 1.